The first-order valence-corrected chi connectivity index (χ1v) is 7.47. The number of nitrogens with zero attached hydrogens (tertiary/aromatic N) is 2. The summed E-state index contributed by atoms with van der Waals surface area (Å²) in [4.78, 5) is 9.76. The standard InChI is InChI=1S/C11H15N3O5S/c1-8-7-13(5-4-12-8)20(18,19)9-2-3-11(15)10(6-9)14(16)17/h2-3,6,8,12,15H,4-5,7H2,1H3/t8-/m1/s1. The molecule has 1 heterocycles. The molecule has 1 aliphatic rings. The summed E-state index contributed by atoms with van der Waals surface area (Å²) in [6.45, 7) is 3.00. The summed E-state index contributed by atoms with van der Waals surface area (Å²) in [5.74, 6) is -0.553. The van der Waals surface area contributed by atoms with Gasteiger partial charge in [0.25, 0.3) is 0 Å². The van der Waals surface area contributed by atoms with Gasteiger partial charge in [0.1, 0.15) is 0 Å². The van der Waals surface area contributed by atoms with Crippen LogP contribution in [0.2, 0.25) is 0 Å². The third-order valence-corrected chi connectivity index (χ3v) is 4.97. The van der Waals surface area contributed by atoms with Gasteiger partial charge in [0.2, 0.25) is 10.0 Å². The molecule has 1 fully saturated rings. The molecule has 0 radical (unpaired) electrons. The van der Waals surface area contributed by atoms with Gasteiger partial charge in [-0.1, -0.05) is 0 Å². The van der Waals surface area contributed by atoms with Gasteiger partial charge in [0.05, 0.1) is 9.82 Å². The van der Waals surface area contributed by atoms with E-state index in [1.807, 2.05) is 6.92 Å². The minimum absolute atomic E-state index is 0.0191. The Balaban J connectivity index is 2.39. The van der Waals surface area contributed by atoms with Gasteiger partial charge in [-0.25, -0.2) is 8.42 Å². The number of phenols is 1. The third kappa shape index (κ3) is 2.74. The molecule has 8 nitrogen and oxygen atoms in total. The Kier molecular flexibility index (Phi) is 3.93. The van der Waals surface area contributed by atoms with Crippen LogP contribution in [0.3, 0.4) is 0 Å². The average molecular weight is 301 g/mol. The van der Waals surface area contributed by atoms with Crippen LogP contribution in [0.4, 0.5) is 5.69 Å². The first-order chi connectivity index (χ1) is 9.32. The molecule has 9 heteroatoms. The first-order valence-electron chi connectivity index (χ1n) is 6.03. The molecule has 0 amide bonds. The number of aromatic hydroxyl groups is 1. The Bertz CT molecular complexity index is 631. The predicted octanol–water partition coefficient (Wildman–Crippen LogP) is 0.283. The SMILES string of the molecule is C[C@@H]1CN(S(=O)(=O)c2ccc(O)c([N+](=O)[O-])c2)CCN1. The maximum absolute atomic E-state index is 12.4. The van der Waals surface area contributed by atoms with Gasteiger partial charge in [0.15, 0.2) is 5.75 Å². The molecular formula is C11H15N3O5S. The van der Waals surface area contributed by atoms with Crippen LogP contribution in [0.5, 0.6) is 5.75 Å². The van der Waals surface area contributed by atoms with Gasteiger partial charge < -0.3 is 10.4 Å². The molecule has 1 aromatic carbocycles. The monoisotopic (exact) mass is 301 g/mol. The van der Waals surface area contributed by atoms with Crippen molar-refractivity contribution < 1.29 is 18.4 Å². The number of sulfonamides is 1. The highest BCUT2D eigenvalue weighted by molar-refractivity contribution is 7.89. The summed E-state index contributed by atoms with van der Waals surface area (Å²) < 4.78 is 26.1. The molecule has 0 unspecified atom stereocenters. The topological polar surface area (TPSA) is 113 Å². The van der Waals surface area contributed by atoms with Crippen LogP contribution < -0.4 is 5.32 Å². The molecule has 0 spiro atoms. The number of hydrogen-bond donors (Lipinski definition) is 2. The van der Waals surface area contributed by atoms with Crippen LogP contribution in [0.1, 0.15) is 6.92 Å². The maximum Gasteiger partial charge on any atom is 0.312 e. The van der Waals surface area contributed by atoms with Crippen molar-refractivity contribution in [1.82, 2.24) is 9.62 Å². The lowest BCUT2D eigenvalue weighted by molar-refractivity contribution is -0.386. The van der Waals surface area contributed by atoms with Crippen molar-refractivity contribution in [3.63, 3.8) is 0 Å². The van der Waals surface area contributed by atoms with Crippen molar-refractivity contribution >= 4 is 15.7 Å². The molecular weight excluding hydrogens is 286 g/mol. The van der Waals surface area contributed by atoms with E-state index in [4.69, 9.17) is 0 Å². The number of phenolic OH excluding ortho intramolecular Hbond substituents is 1. The number of piperazine rings is 1. The van der Waals surface area contributed by atoms with E-state index in [1.165, 1.54) is 10.4 Å². The zero-order valence-corrected chi connectivity index (χ0v) is 11.6. The Morgan fingerprint density at radius 3 is 2.80 bits per heavy atom. The van der Waals surface area contributed by atoms with Gasteiger partial charge in [0, 0.05) is 31.7 Å². The van der Waals surface area contributed by atoms with Crippen molar-refractivity contribution in [1.29, 1.82) is 0 Å². The second-order valence-corrected chi connectivity index (χ2v) is 6.56. The van der Waals surface area contributed by atoms with Gasteiger partial charge in [-0.3, -0.25) is 10.1 Å². The Morgan fingerprint density at radius 2 is 2.20 bits per heavy atom. The lowest BCUT2D eigenvalue weighted by atomic mass is 10.3. The van der Waals surface area contributed by atoms with Crippen LogP contribution in [-0.2, 0) is 10.0 Å². The highest BCUT2D eigenvalue weighted by Crippen LogP contribution is 2.29. The second-order valence-electron chi connectivity index (χ2n) is 4.63. The maximum atomic E-state index is 12.4. The van der Waals surface area contributed by atoms with Crippen molar-refractivity contribution in [3.8, 4) is 5.75 Å². The van der Waals surface area contributed by atoms with E-state index in [2.05, 4.69) is 5.32 Å². The number of rotatable bonds is 3. The Morgan fingerprint density at radius 1 is 1.50 bits per heavy atom. The Labute approximate surface area is 116 Å². The zero-order valence-electron chi connectivity index (χ0n) is 10.8. The van der Waals surface area contributed by atoms with Crippen molar-refractivity contribution in [3.05, 3.63) is 28.3 Å². The minimum Gasteiger partial charge on any atom is -0.502 e. The molecule has 110 valence electrons. The van der Waals surface area contributed by atoms with E-state index in [1.54, 1.807) is 0 Å². The summed E-state index contributed by atoms with van der Waals surface area (Å²) in [5, 5.41) is 23.2. The summed E-state index contributed by atoms with van der Waals surface area (Å²) >= 11 is 0. The van der Waals surface area contributed by atoms with Crippen molar-refractivity contribution in [2.75, 3.05) is 19.6 Å². The zero-order chi connectivity index (χ0) is 14.9. The average Bonchev–Trinajstić information content (AvgIpc) is 2.38. The first kappa shape index (κ1) is 14.7. The lowest BCUT2D eigenvalue weighted by Gasteiger charge is -2.30. The lowest BCUT2D eigenvalue weighted by Crippen LogP contribution is -2.51. The highest BCUT2D eigenvalue weighted by atomic mass is 32.2. The van der Waals surface area contributed by atoms with Gasteiger partial charge in [-0.05, 0) is 19.1 Å². The molecule has 2 rings (SSSR count). The molecule has 0 aromatic heterocycles. The van der Waals surface area contributed by atoms with Crippen LogP contribution in [0.25, 0.3) is 0 Å². The van der Waals surface area contributed by atoms with E-state index < -0.39 is 26.4 Å². The molecule has 0 bridgehead atoms. The van der Waals surface area contributed by atoms with E-state index in [9.17, 15) is 23.6 Å². The number of hydrogen-bond acceptors (Lipinski definition) is 6. The second kappa shape index (κ2) is 5.35. The summed E-state index contributed by atoms with van der Waals surface area (Å²) in [5.41, 5.74) is -0.616. The third-order valence-electron chi connectivity index (χ3n) is 3.11. The van der Waals surface area contributed by atoms with Crippen LogP contribution in [-0.4, -0.2) is 48.4 Å². The molecule has 1 saturated heterocycles. The van der Waals surface area contributed by atoms with E-state index in [-0.39, 0.29) is 10.9 Å². The quantitative estimate of drug-likeness (QED) is 0.612. The van der Waals surface area contributed by atoms with E-state index in [0.717, 1.165) is 12.1 Å². The van der Waals surface area contributed by atoms with Gasteiger partial charge in [-0.15, -0.1) is 0 Å². The largest absolute Gasteiger partial charge is 0.502 e. The molecule has 20 heavy (non-hydrogen) atoms. The Hall–Kier alpha value is -1.71. The van der Waals surface area contributed by atoms with Crippen LogP contribution in [0, 0.1) is 10.1 Å². The van der Waals surface area contributed by atoms with E-state index >= 15 is 0 Å². The predicted molar refractivity (Wildman–Crippen MR) is 71.0 cm³/mol. The molecule has 1 aliphatic heterocycles. The van der Waals surface area contributed by atoms with Crippen LogP contribution in [0.15, 0.2) is 23.1 Å². The highest BCUT2D eigenvalue weighted by Gasteiger charge is 2.30. The molecule has 2 N–H and O–H groups in total. The minimum atomic E-state index is -3.79. The fourth-order valence-corrected chi connectivity index (χ4v) is 3.62. The molecule has 0 aliphatic carbocycles. The summed E-state index contributed by atoms with van der Waals surface area (Å²) in [7, 11) is -3.79. The molecule has 0 saturated carbocycles. The summed E-state index contributed by atoms with van der Waals surface area (Å²) in [6.07, 6.45) is 0. The fourth-order valence-electron chi connectivity index (χ4n) is 2.07. The molecule has 1 aromatic rings. The number of nitro groups is 1. The number of nitro benzene ring substituents is 1. The van der Waals surface area contributed by atoms with Crippen molar-refractivity contribution in [2.45, 2.75) is 17.9 Å². The number of nitrogens with one attached hydrogen (secondary N) is 1. The normalized spacial score (nSPS) is 20.8. The van der Waals surface area contributed by atoms with Crippen molar-refractivity contribution in [2.24, 2.45) is 0 Å². The smallest absolute Gasteiger partial charge is 0.312 e. The van der Waals surface area contributed by atoms with Gasteiger partial charge >= 0.3 is 5.69 Å². The molecule has 1 atom stereocenters. The van der Waals surface area contributed by atoms with Crippen LogP contribution >= 0.6 is 0 Å². The van der Waals surface area contributed by atoms with E-state index in [0.29, 0.717) is 19.6 Å². The van der Waals surface area contributed by atoms with Gasteiger partial charge in [-0.2, -0.15) is 4.31 Å². The summed E-state index contributed by atoms with van der Waals surface area (Å²) in [6, 6.07) is 3.10. The fraction of sp³-hybridized carbons (Fsp3) is 0.455. The number of benzene rings is 1.